The zero-order chi connectivity index (χ0) is 12.1. The molecule has 1 aromatic carbocycles. The molecule has 2 N–H and O–H groups in total. The molecule has 1 atom stereocenters. The third-order valence-corrected chi connectivity index (χ3v) is 3.76. The number of nitrogens with zero attached hydrogens (tertiary/aromatic N) is 1. The van der Waals surface area contributed by atoms with Gasteiger partial charge in [0.05, 0.1) is 5.03 Å². The Morgan fingerprint density at radius 2 is 2.12 bits per heavy atom. The minimum Gasteiger partial charge on any atom is -0.329 e. The van der Waals surface area contributed by atoms with Crippen LogP contribution in [0.25, 0.3) is 0 Å². The molecule has 2 nitrogen and oxygen atoms in total. The van der Waals surface area contributed by atoms with E-state index >= 15 is 0 Å². The van der Waals surface area contributed by atoms with Gasteiger partial charge in [0.15, 0.2) is 0 Å². The average molecular weight is 244 g/mol. The first kappa shape index (κ1) is 12.1. The molecule has 17 heavy (non-hydrogen) atoms. The van der Waals surface area contributed by atoms with Crippen molar-refractivity contribution in [3.05, 3.63) is 59.8 Å². The fraction of sp³-hybridized carbons (Fsp3) is 0.214. The number of hydrogen-bond donors (Lipinski definition) is 1. The van der Waals surface area contributed by atoms with Crippen molar-refractivity contribution in [2.45, 2.75) is 17.2 Å². The van der Waals surface area contributed by atoms with Crippen molar-refractivity contribution in [2.75, 3.05) is 6.54 Å². The van der Waals surface area contributed by atoms with E-state index < -0.39 is 0 Å². The molecule has 0 bridgehead atoms. The summed E-state index contributed by atoms with van der Waals surface area (Å²) >= 11 is 1.71. The lowest BCUT2D eigenvalue weighted by atomic mass is 10.1. The van der Waals surface area contributed by atoms with Gasteiger partial charge in [-0.1, -0.05) is 47.7 Å². The highest BCUT2D eigenvalue weighted by atomic mass is 32.2. The van der Waals surface area contributed by atoms with Gasteiger partial charge in [0.2, 0.25) is 0 Å². The first-order valence-corrected chi connectivity index (χ1v) is 6.52. The SMILES string of the molecule is Cc1cccc(C(CN)Sc2ccccn2)c1. The second-order valence-corrected chi connectivity index (χ2v) is 5.15. The van der Waals surface area contributed by atoms with Crippen LogP contribution in [0.1, 0.15) is 16.4 Å². The van der Waals surface area contributed by atoms with E-state index in [1.165, 1.54) is 11.1 Å². The van der Waals surface area contributed by atoms with Crippen molar-refractivity contribution >= 4 is 11.8 Å². The lowest BCUT2D eigenvalue weighted by molar-refractivity contribution is 0.933. The Kier molecular flexibility index (Phi) is 4.18. The van der Waals surface area contributed by atoms with E-state index in [2.05, 4.69) is 36.2 Å². The average Bonchev–Trinajstić information content (AvgIpc) is 2.37. The molecule has 3 heteroatoms. The van der Waals surface area contributed by atoms with Gasteiger partial charge in [-0.25, -0.2) is 4.98 Å². The second kappa shape index (κ2) is 5.84. The van der Waals surface area contributed by atoms with Crippen LogP contribution in [0.2, 0.25) is 0 Å². The maximum absolute atomic E-state index is 5.85. The normalized spacial score (nSPS) is 12.4. The van der Waals surface area contributed by atoms with Crippen LogP contribution in [-0.2, 0) is 0 Å². The largest absolute Gasteiger partial charge is 0.329 e. The zero-order valence-corrected chi connectivity index (χ0v) is 10.7. The maximum atomic E-state index is 5.85. The number of nitrogens with two attached hydrogens (primary N) is 1. The van der Waals surface area contributed by atoms with Crippen molar-refractivity contribution in [2.24, 2.45) is 5.73 Å². The molecule has 1 unspecified atom stereocenters. The summed E-state index contributed by atoms with van der Waals surface area (Å²) in [6.45, 7) is 2.72. The van der Waals surface area contributed by atoms with Crippen LogP contribution in [0.15, 0.2) is 53.7 Å². The van der Waals surface area contributed by atoms with E-state index in [-0.39, 0.29) is 5.25 Å². The van der Waals surface area contributed by atoms with Gasteiger partial charge in [0.25, 0.3) is 0 Å². The molecular formula is C14H16N2S. The molecule has 0 spiro atoms. The molecule has 2 rings (SSSR count). The number of rotatable bonds is 4. The summed E-state index contributed by atoms with van der Waals surface area (Å²) in [4.78, 5) is 4.32. The van der Waals surface area contributed by atoms with E-state index in [4.69, 9.17) is 5.73 Å². The Balaban J connectivity index is 2.17. The van der Waals surface area contributed by atoms with Crippen molar-refractivity contribution < 1.29 is 0 Å². The van der Waals surface area contributed by atoms with Crippen LogP contribution < -0.4 is 5.73 Å². The fourth-order valence-corrected chi connectivity index (χ4v) is 2.63. The van der Waals surface area contributed by atoms with Crippen LogP contribution in [0.4, 0.5) is 0 Å². The Hall–Kier alpha value is -1.32. The van der Waals surface area contributed by atoms with Crippen molar-refractivity contribution in [1.29, 1.82) is 0 Å². The molecule has 88 valence electrons. The highest BCUT2D eigenvalue weighted by molar-refractivity contribution is 7.99. The third-order valence-electron chi connectivity index (χ3n) is 2.53. The van der Waals surface area contributed by atoms with Gasteiger partial charge in [-0.2, -0.15) is 0 Å². The summed E-state index contributed by atoms with van der Waals surface area (Å²) in [5, 5.41) is 1.29. The summed E-state index contributed by atoms with van der Waals surface area (Å²) in [7, 11) is 0. The maximum Gasteiger partial charge on any atom is 0.0966 e. The van der Waals surface area contributed by atoms with Crippen LogP contribution in [0, 0.1) is 6.92 Å². The lowest BCUT2D eigenvalue weighted by Crippen LogP contribution is -2.09. The van der Waals surface area contributed by atoms with Crippen molar-refractivity contribution in [1.82, 2.24) is 4.98 Å². The third kappa shape index (κ3) is 3.32. The van der Waals surface area contributed by atoms with Crippen LogP contribution in [0.3, 0.4) is 0 Å². The van der Waals surface area contributed by atoms with Gasteiger partial charge in [-0.3, -0.25) is 0 Å². The number of thioether (sulfide) groups is 1. The first-order chi connectivity index (χ1) is 8.29. The number of aromatic nitrogens is 1. The van der Waals surface area contributed by atoms with Crippen LogP contribution >= 0.6 is 11.8 Å². The summed E-state index contributed by atoms with van der Waals surface area (Å²) in [6, 6.07) is 14.4. The number of benzene rings is 1. The molecule has 0 saturated carbocycles. The smallest absolute Gasteiger partial charge is 0.0966 e. The fourth-order valence-electron chi connectivity index (χ4n) is 1.69. The highest BCUT2D eigenvalue weighted by Gasteiger charge is 2.11. The Labute approximate surface area is 106 Å². The molecule has 1 heterocycles. The molecular weight excluding hydrogens is 228 g/mol. The summed E-state index contributed by atoms with van der Waals surface area (Å²) in [6.07, 6.45) is 1.81. The number of hydrogen-bond acceptors (Lipinski definition) is 3. The topological polar surface area (TPSA) is 38.9 Å². The molecule has 0 fully saturated rings. The van der Waals surface area contributed by atoms with Gasteiger partial charge in [0, 0.05) is 18.0 Å². The van der Waals surface area contributed by atoms with Gasteiger partial charge >= 0.3 is 0 Å². The Morgan fingerprint density at radius 1 is 1.24 bits per heavy atom. The summed E-state index contributed by atoms with van der Waals surface area (Å²) < 4.78 is 0. The first-order valence-electron chi connectivity index (χ1n) is 5.64. The molecule has 0 aliphatic rings. The molecule has 0 radical (unpaired) electrons. The van der Waals surface area contributed by atoms with Gasteiger partial charge in [0.1, 0.15) is 0 Å². The predicted molar refractivity (Wildman–Crippen MR) is 73.1 cm³/mol. The zero-order valence-electron chi connectivity index (χ0n) is 9.84. The predicted octanol–water partition coefficient (Wildman–Crippen LogP) is 3.18. The molecule has 0 aliphatic heterocycles. The van der Waals surface area contributed by atoms with E-state index in [1.54, 1.807) is 11.8 Å². The molecule has 0 amide bonds. The number of aryl methyl sites for hydroxylation is 1. The van der Waals surface area contributed by atoms with E-state index in [1.807, 2.05) is 24.4 Å². The Bertz CT molecular complexity index is 471. The monoisotopic (exact) mass is 244 g/mol. The second-order valence-electron chi connectivity index (χ2n) is 3.92. The summed E-state index contributed by atoms with van der Waals surface area (Å²) in [5.41, 5.74) is 8.39. The van der Waals surface area contributed by atoms with Gasteiger partial charge < -0.3 is 5.73 Å². The summed E-state index contributed by atoms with van der Waals surface area (Å²) in [5.74, 6) is 0. The standard InChI is InChI=1S/C14H16N2S/c1-11-5-4-6-12(9-11)13(10-15)17-14-7-2-3-8-16-14/h2-9,13H,10,15H2,1H3. The van der Waals surface area contributed by atoms with Crippen molar-refractivity contribution in [3.8, 4) is 0 Å². The van der Waals surface area contributed by atoms with Crippen LogP contribution in [-0.4, -0.2) is 11.5 Å². The molecule has 0 saturated heterocycles. The van der Waals surface area contributed by atoms with E-state index in [0.29, 0.717) is 6.54 Å². The van der Waals surface area contributed by atoms with E-state index in [9.17, 15) is 0 Å². The highest BCUT2D eigenvalue weighted by Crippen LogP contribution is 2.33. The van der Waals surface area contributed by atoms with Gasteiger partial charge in [-0.15, -0.1) is 0 Å². The quantitative estimate of drug-likeness (QED) is 0.840. The molecule has 1 aromatic heterocycles. The minimum atomic E-state index is 0.268. The number of pyridine rings is 1. The van der Waals surface area contributed by atoms with Crippen molar-refractivity contribution in [3.63, 3.8) is 0 Å². The minimum absolute atomic E-state index is 0.268. The Morgan fingerprint density at radius 3 is 2.76 bits per heavy atom. The van der Waals surface area contributed by atoms with E-state index in [0.717, 1.165) is 5.03 Å². The van der Waals surface area contributed by atoms with Gasteiger partial charge in [-0.05, 0) is 24.6 Å². The van der Waals surface area contributed by atoms with Crippen LogP contribution in [0.5, 0.6) is 0 Å². The lowest BCUT2D eigenvalue weighted by Gasteiger charge is -2.14. The molecule has 2 aromatic rings. The molecule has 0 aliphatic carbocycles.